The number of carbonyl (C=O) groups is 1. The lowest BCUT2D eigenvalue weighted by Crippen LogP contribution is -2.38. The molecule has 1 aromatic carbocycles. The smallest absolute Gasteiger partial charge is 0.266 e. The number of amides is 1. The highest BCUT2D eigenvalue weighted by Gasteiger charge is 2.27. The van der Waals surface area contributed by atoms with Gasteiger partial charge in [-0.1, -0.05) is 44.2 Å². The lowest BCUT2D eigenvalue weighted by molar-refractivity contribution is 0.0696. The number of likely N-dealkylation sites (tertiary alicyclic amines) is 1. The van der Waals surface area contributed by atoms with E-state index >= 15 is 0 Å². The van der Waals surface area contributed by atoms with Gasteiger partial charge in [0.1, 0.15) is 9.71 Å². The number of hydrogen-bond acceptors (Lipinski definition) is 4. The predicted molar refractivity (Wildman–Crippen MR) is 117 cm³/mol. The van der Waals surface area contributed by atoms with Crippen LogP contribution in [0.5, 0.6) is 0 Å². The number of nitrogens with zero attached hydrogens (tertiary/aromatic N) is 2. The quantitative estimate of drug-likeness (QED) is 0.671. The van der Waals surface area contributed by atoms with E-state index in [9.17, 15) is 4.79 Å². The number of rotatable bonds is 4. The van der Waals surface area contributed by atoms with E-state index in [0.29, 0.717) is 22.4 Å². The fourth-order valence-corrected chi connectivity index (χ4v) is 4.99. The Kier molecular flexibility index (Phi) is 5.36. The molecule has 0 saturated carbocycles. The first-order valence-corrected chi connectivity index (χ1v) is 10.9. The number of aromatic nitrogens is 1. The zero-order valence-corrected chi connectivity index (χ0v) is 17.3. The Hall–Kier alpha value is -2.40. The number of anilines is 1. The number of fused-ring (bicyclic) bond motifs is 1. The lowest BCUT2D eigenvalue weighted by Gasteiger charge is -2.32. The second-order valence-corrected chi connectivity index (χ2v) is 9.01. The van der Waals surface area contributed by atoms with Crippen LogP contribution in [0.2, 0.25) is 0 Å². The van der Waals surface area contributed by atoms with Crippen LogP contribution < -0.4 is 5.73 Å². The van der Waals surface area contributed by atoms with Crippen molar-refractivity contribution in [2.75, 3.05) is 18.8 Å². The maximum absolute atomic E-state index is 13.1. The number of piperidine rings is 1. The van der Waals surface area contributed by atoms with Gasteiger partial charge in [0.2, 0.25) is 0 Å². The summed E-state index contributed by atoms with van der Waals surface area (Å²) in [4.78, 5) is 21.3. The van der Waals surface area contributed by atoms with E-state index in [1.807, 2.05) is 17.0 Å². The van der Waals surface area contributed by atoms with Crippen molar-refractivity contribution < 1.29 is 4.79 Å². The number of nitrogens with two attached hydrogens (primary N) is 1. The van der Waals surface area contributed by atoms with Crippen LogP contribution in [0.15, 0.2) is 42.5 Å². The number of nitrogen functional groups attached to an aromatic ring is 1. The van der Waals surface area contributed by atoms with Crippen LogP contribution in [0.3, 0.4) is 0 Å². The molecule has 0 radical (unpaired) electrons. The number of carbonyl (C=O) groups excluding carboxylic acids is 1. The molecule has 2 aromatic heterocycles. The van der Waals surface area contributed by atoms with Crippen molar-refractivity contribution in [1.29, 1.82) is 0 Å². The Morgan fingerprint density at radius 2 is 1.89 bits per heavy atom. The summed E-state index contributed by atoms with van der Waals surface area (Å²) in [6.45, 7) is 5.84. The van der Waals surface area contributed by atoms with Crippen molar-refractivity contribution in [3.05, 3.63) is 58.6 Å². The molecule has 146 valence electrons. The van der Waals surface area contributed by atoms with Gasteiger partial charge in [-0.15, -0.1) is 11.3 Å². The molecule has 1 saturated heterocycles. The average molecular weight is 394 g/mol. The van der Waals surface area contributed by atoms with Crippen LogP contribution in [-0.4, -0.2) is 28.9 Å². The van der Waals surface area contributed by atoms with Crippen LogP contribution in [-0.2, 0) is 6.42 Å². The van der Waals surface area contributed by atoms with E-state index in [2.05, 4.69) is 44.2 Å². The molecular formula is C23H27N3OS. The van der Waals surface area contributed by atoms with Crippen LogP contribution in [0.1, 0.15) is 53.5 Å². The van der Waals surface area contributed by atoms with Gasteiger partial charge in [0, 0.05) is 24.2 Å². The molecule has 0 unspecified atom stereocenters. The van der Waals surface area contributed by atoms with Gasteiger partial charge in [-0.25, -0.2) is 4.98 Å². The molecule has 4 nitrogen and oxygen atoms in total. The Bertz CT molecular complexity index is 972. The van der Waals surface area contributed by atoms with Crippen LogP contribution >= 0.6 is 11.3 Å². The van der Waals surface area contributed by atoms with Gasteiger partial charge >= 0.3 is 0 Å². The summed E-state index contributed by atoms with van der Waals surface area (Å²) >= 11 is 1.43. The summed E-state index contributed by atoms with van der Waals surface area (Å²) < 4.78 is 0. The predicted octanol–water partition coefficient (Wildman–Crippen LogP) is 5.10. The number of benzene rings is 1. The third-order valence-corrected chi connectivity index (χ3v) is 6.77. The molecule has 0 bridgehead atoms. The second kappa shape index (κ2) is 7.92. The molecule has 1 aliphatic heterocycles. The Balaban J connectivity index is 1.46. The molecule has 1 aliphatic rings. The van der Waals surface area contributed by atoms with Gasteiger partial charge in [0.05, 0.1) is 5.69 Å². The summed E-state index contributed by atoms with van der Waals surface area (Å²) in [5.41, 5.74) is 9.33. The van der Waals surface area contributed by atoms with Crippen molar-refractivity contribution in [2.45, 2.75) is 39.0 Å². The van der Waals surface area contributed by atoms with Crippen molar-refractivity contribution in [3.8, 4) is 0 Å². The maximum Gasteiger partial charge on any atom is 0.266 e. The Morgan fingerprint density at radius 1 is 1.18 bits per heavy atom. The molecule has 0 spiro atoms. The monoisotopic (exact) mass is 393 g/mol. The summed E-state index contributed by atoms with van der Waals surface area (Å²) in [5, 5.41) is 0.900. The minimum atomic E-state index is 0.0600. The zero-order chi connectivity index (χ0) is 19.7. The highest BCUT2D eigenvalue weighted by Crippen LogP contribution is 2.35. The number of thiophene rings is 1. The largest absolute Gasteiger partial charge is 0.397 e. The molecule has 4 rings (SSSR count). The fraction of sp³-hybridized carbons (Fsp3) is 0.391. The van der Waals surface area contributed by atoms with E-state index in [1.165, 1.54) is 16.9 Å². The number of pyridine rings is 1. The molecule has 0 aliphatic carbocycles. The van der Waals surface area contributed by atoms with Gasteiger partial charge < -0.3 is 10.6 Å². The van der Waals surface area contributed by atoms with Crippen LogP contribution in [0.25, 0.3) is 10.2 Å². The van der Waals surface area contributed by atoms with E-state index in [4.69, 9.17) is 10.7 Å². The second-order valence-electron chi connectivity index (χ2n) is 8.01. The first-order chi connectivity index (χ1) is 13.5. The van der Waals surface area contributed by atoms with Crippen LogP contribution in [0.4, 0.5) is 5.69 Å². The van der Waals surface area contributed by atoms with Gasteiger partial charge in [0.25, 0.3) is 5.91 Å². The Labute approximate surface area is 170 Å². The molecule has 2 N–H and O–H groups in total. The topological polar surface area (TPSA) is 59.2 Å². The van der Waals surface area contributed by atoms with Crippen LogP contribution in [0, 0.1) is 5.92 Å². The minimum Gasteiger partial charge on any atom is -0.397 e. The first kappa shape index (κ1) is 18.9. The normalized spacial score (nSPS) is 15.5. The lowest BCUT2D eigenvalue weighted by atomic mass is 9.90. The molecule has 1 amide bonds. The third-order valence-electron chi connectivity index (χ3n) is 5.67. The summed E-state index contributed by atoms with van der Waals surface area (Å²) in [5.74, 6) is 1.06. The highest BCUT2D eigenvalue weighted by atomic mass is 32.1. The minimum absolute atomic E-state index is 0.0600. The Morgan fingerprint density at radius 3 is 2.57 bits per heavy atom. The maximum atomic E-state index is 13.1. The van der Waals surface area contributed by atoms with Gasteiger partial charge in [-0.05, 0) is 48.8 Å². The zero-order valence-electron chi connectivity index (χ0n) is 16.5. The average Bonchev–Trinajstić information content (AvgIpc) is 3.05. The molecule has 5 heteroatoms. The molecule has 1 fully saturated rings. The summed E-state index contributed by atoms with van der Waals surface area (Å²) in [6.07, 6.45) is 3.18. The van der Waals surface area contributed by atoms with E-state index in [1.54, 1.807) is 0 Å². The standard InChI is InChI=1S/C23H27N3OS/c1-15(2)19-9-8-18-20(24)21(28-22(18)25-19)23(27)26-12-10-17(11-13-26)14-16-6-4-3-5-7-16/h3-9,15,17H,10-14,24H2,1-2H3. The van der Waals surface area contributed by atoms with Crippen molar-refractivity contribution in [1.82, 2.24) is 9.88 Å². The molecular weight excluding hydrogens is 366 g/mol. The number of hydrogen-bond donors (Lipinski definition) is 1. The fourth-order valence-electron chi connectivity index (χ4n) is 3.92. The SMILES string of the molecule is CC(C)c1ccc2c(N)c(C(=O)N3CCC(Cc4ccccc4)CC3)sc2n1. The third kappa shape index (κ3) is 3.76. The van der Waals surface area contributed by atoms with E-state index in [0.717, 1.165) is 48.3 Å². The van der Waals surface area contributed by atoms with E-state index < -0.39 is 0 Å². The molecule has 3 aromatic rings. The first-order valence-electron chi connectivity index (χ1n) is 10.0. The van der Waals surface area contributed by atoms with Gasteiger partial charge in [-0.2, -0.15) is 0 Å². The highest BCUT2D eigenvalue weighted by molar-refractivity contribution is 7.21. The molecule has 28 heavy (non-hydrogen) atoms. The van der Waals surface area contributed by atoms with E-state index in [-0.39, 0.29) is 5.91 Å². The van der Waals surface area contributed by atoms with Gasteiger partial charge in [-0.3, -0.25) is 4.79 Å². The van der Waals surface area contributed by atoms with Crippen molar-refractivity contribution in [3.63, 3.8) is 0 Å². The van der Waals surface area contributed by atoms with Gasteiger partial charge in [0.15, 0.2) is 0 Å². The summed E-state index contributed by atoms with van der Waals surface area (Å²) in [7, 11) is 0. The van der Waals surface area contributed by atoms with Crippen molar-refractivity contribution >= 4 is 33.1 Å². The van der Waals surface area contributed by atoms with Crippen molar-refractivity contribution in [2.24, 2.45) is 5.92 Å². The molecule has 0 atom stereocenters. The molecule has 3 heterocycles. The summed E-state index contributed by atoms with van der Waals surface area (Å²) in [6, 6.07) is 14.6.